The molecule has 1 atom stereocenters. The van der Waals surface area contributed by atoms with Gasteiger partial charge < -0.3 is 19.5 Å². The van der Waals surface area contributed by atoms with Gasteiger partial charge in [-0.1, -0.05) is 11.6 Å². The SMILES string of the molecule is CN(CC1(O)CCN(c2ncccn2)C1)C(=O)CCc1nc2cc(Cl)ccc2n1C. The molecule has 1 aromatic carbocycles. The van der Waals surface area contributed by atoms with Gasteiger partial charge in [0.1, 0.15) is 11.4 Å². The molecule has 0 spiro atoms. The fourth-order valence-electron chi connectivity index (χ4n) is 4.00. The van der Waals surface area contributed by atoms with Crippen LogP contribution in [0, 0.1) is 0 Å². The summed E-state index contributed by atoms with van der Waals surface area (Å²) in [6.07, 6.45) is 4.78. The number of nitrogens with zero attached hydrogens (tertiary/aromatic N) is 6. The van der Waals surface area contributed by atoms with E-state index in [-0.39, 0.29) is 12.5 Å². The molecular weight excluding hydrogens is 404 g/mol. The first-order valence-corrected chi connectivity index (χ1v) is 10.3. The largest absolute Gasteiger partial charge is 0.386 e. The van der Waals surface area contributed by atoms with Crippen molar-refractivity contribution in [2.75, 3.05) is 31.6 Å². The van der Waals surface area contributed by atoms with Gasteiger partial charge in [-0.05, 0) is 30.7 Å². The van der Waals surface area contributed by atoms with E-state index < -0.39 is 5.60 Å². The highest BCUT2D eigenvalue weighted by atomic mass is 35.5. The standard InChI is InChI=1S/C21H25ClN6O2/c1-26(13-21(30)8-11-28(14-21)20-23-9-3-10-24-20)19(29)7-6-18-25-16-12-15(22)4-5-17(16)27(18)2/h3-5,9-10,12,30H,6-8,11,13-14H2,1-2H3. The van der Waals surface area contributed by atoms with Crippen LogP contribution in [0.5, 0.6) is 0 Å². The van der Waals surface area contributed by atoms with Gasteiger partial charge in [0.25, 0.3) is 0 Å². The van der Waals surface area contributed by atoms with Gasteiger partial charge in [-0.2, -0.15) is 0 Å². The minimum Gasteiger partial charge on any atom is -0.386 e. The van der Waals surface area contributed by atoms with Gasteiger partial charge in [0.2, 0.25) is 11.9 Å². The van der Waals surface area contributed by atoms with Crippen LogP contribution < -0.4 is 4.90 Å². The molecular formula is C21H25ClN6O2. The lowest BCUT2D eigenvalue weighted by Crippen LogP contribution is -2.46. The van der Waals surface area contributed by atoms with Crippen LogP contribution in [0.2, 0.25) is 5.02 Å². The maximum Gasteiger partial charge on any atom is 0.225 e. The molecule has 4 rings (SSSR count). The lowest BCUT2D eigenvalue weighted by molar-refractivity contribution is -0.132. The highest BCUT2D eigenvalue weighted by molar-refractivity contribution is 6.31. The van der Waals surface area contributed by atoms with E-state index >= 15 is 0 Å². The summed E-state index contributed by atoms with van der Waals surface area (Å²) in [5.41, 5.74) is 0.834. The Bertz CT molecular complexity index is 1060. The monoisotopic (exact) mass is 428 g/mol. The normalized spacial score (nSPS) is 18.9. The molecule has 0 aliphatic carbocycles. The predicted octanol–water partition coefficient (Wildman–Crippen LogP) is 2.05. The third-order valence-electron chi connectivity index (χ3n) is 5.62. The van der Waals surface area contributed by atoms with Crippen molar-refractivity contribution in [3.8, 4) is 0 Å². The number of likely N-dealkylation sites (N-methyl/N-ethyl adjacent to an activating group) is 1. The van der Waals surface area contributed by atoms with Crippen molar-refractivity contribution in [3.05, 3.63) is 47.5 Å². The van der Waals surface area contributed by atoms with Gasteiger partial charge in [0.05, 0.1) is 24.1 Å². The Balaban J connectivity index is 1.35. The molecule has 3 heterocycles. The lowest BCUT2D eigenvalue weighted by atomic mass is 10.0. The number of hydrogen-bond donors (Lipinski definition) is 1. The maximum absolute atomic E-state index is 12.7. The molecule has 3 aromatic rings. The molecule has 1 fully saturated rings. The Morgan fingerprint density at radius 2 is 2.10 bits per heavy atom. The Morgan fingerprint density at radius 3 is 2.87 bits per heavy atom. The molecule has 158 valence electrons. The van der Waals surface area contributed by atoms with Crippen LogP contribution in [0.4, 0.5) is 5.95 Å². The van der Waals surface area contributed by atoms with Gasteiger partial charge in [0, 0.05) is 50.9 Å². The van der Waals surface area contributed by atoms with Crippen LogP contribution in [-0.4, -0.2) is 67.7 Å². The van der Waals surface area contributed by atoms with E-state index in [4.69, 9.17) is 11.6 Å². The number of aromatic nitrogens is 4. The number of rotatable bonds is 6. The third kappa shape index (κ3) is 4.24. The number of halogens is 1. The van der Waals surface area contributed by atoms with E-state index in [0.717, 1.165) is 16.9 Å². The molecule has 0 radical (unpaired) electrons. The predicted molar refractivity (Wildman–Crippen MR) is 115 cm³/mol. The van der Waals surface area contributed by atoms with Crippen molar-refractivity contribution < 1.29 is 9.90 Å². The molecule has 8 nitrogen and oxygen atoms in total. The molecule has 2 aromatic heterocycles. The Labute approximate surface area is 180 Å². The van der Waals surface area contributed by atoms with Crippen LogP contribution in [0.3, 0.4) is 0 Å². The zero-order chi connectivity index (χ0) is 21.3. The number of amides is 1. The Kier molecular flexibility index (Phi) is 5.62. The van der Waals surface area contributed by atoms with E-state index in [9.17, 15) is 9.90 Å². The second kappa shape index (κ2) is 8.20. The lowest BCUT2D eigenvalue weighted by Gasteiger charge is -2.29. The fourth-order valence-corrected chi connectivity index (χ4v) is 4.16. The maximum atomic E-state index is 12.7. The number of carbonyl (C=O) groups is 1. The average molecular weight is 429 g/mol. The first-order valence-electron chi connectivity index (χ1n) is 9.94. The number of benzene rings is 1. The molecule has 1 amide bonds. The Hall–Kier alpha value is -2.71. The molecule has 1 aliphatic rings. The number of imidazole rings is 1. The van der Waals surface area contributed by atoms with Gasteiger partial charge >= 0.3 is 0 Å². The van der Waals surface area contributed by atoms with Crippen molar-refractivity contribution in [2.45, 2.75) is 24.9 Å². The van der Waals surface area contributed by atoms with E-state index in [1.165, 1.54) is 0 Å². The van der Waals surface area contributed by atoms with Crippen molar-refractivity contribution >= 4 is 34.5 Å². The highest BCUT2D eigenvalue weighted by Gasteiger charge is 2.38. The molecule has 1 aliphatic heterocycles. The van der Waals surface area contributed by atoms with Crippen LogP contribution in [0.25, 0.3) is 11.0 Å². The van der Waals surface area contributed by atoms with Crippen LogP contribution >= 0.6 is 11.6 Å². The summed E-state index contributed by atoms with van der Waals surface area (Å²) in [4.78, 5) is 29.3. The van der Waals surface area contributed by atoms with E-state index in [2.05, 4.69) is 15.0 Å². The fraction of sp³-hybridized carbons (Fsp3) is 0.429. The second-order valence-corrected chi connectivity index (χ2v) is 8.35. The minimum atomic E-state index is -0.974. The smallest absolute Gasteiger partial charge is 0.225 e. The summed E-state index contributed by atoms with van der Waals surface area (Å²) in [6.45, 7) is 1.33. The summed E-state index contributed by atoms with van der Waals surface area (Å²) in [5, 5.41) is 11.6. The van der Waals surface area contributed by atoms with Crippen molar-refractivity contribution in [1.29, 1.82) is 0 Å². The quantitative estimate of drug-likeness (QED) is 0.646. The first kappa shape index (κ1) is 20.6. The molecule has 0 saturated carbocycles. The van der Waals surface area contributed by atoms with E-state index in [1.807, 2.05) is 34.7 Å². The van der Waals surface area contributed by atoms with Gasteiger partial charge in [-0.3, -0.25) is 4.79 Å². The van der Waals surface area contributed by atoms with Crippen LogP contribution in [-0.2, 0) is 18.3 Å². The topological polar surface area (TPSA) is 87.4 Å². The number of carbonyl (C=O) groups excluding carboxylic acids is 1. The molecule has 0 bridgehead atoms. The molecule has 9 heteroatoms. The van der Waals surface area contributed by atoms with Crippen molar-refractivity contribution in [2.24, 2.45) is 7.05 Å². The second-order valence-electron chi connectivity index (χ2n) is 7.91. The molecule has 30 heavy (non-hydrogen) atoms. The zero-order valence-electron chi connectivity index (χ0n) is 17.1. The molecule has 1 unspecified atom stereocenters. The summed E-state index contributed by atoms with van der Waals surface area (Å²) in [7, 11) is 3.67. The molecule has 1 saturated heterocycles. The third-order valence-corrected chi connectivity index (χ3v) is 5.86. The first-order chi connectivity index (χ1) is 14.3. The summed E-state index contributed by atoms with van der Waals surface area (Å²) >= 11 is 6.05. The summed E-state index contributed by atoms with van der Waals surface area (Å²) in [6, 6.07) is 7.35. The zero-order valence-corrected chi connectivity index (χ0v) is 17.9. The number of fused-ring (bicyclic) bond motifs is 1. The number of hydrogen-bond acceptors (Lipinski definition) is 6. The molecule has 1 N–H and O–H groups in total. The van der Waals surface area contributed by atoms with Gasteiger partial charge in [0.15, 0.2) is 0 Å². The van der Waals surface area contributed by atoms with Gasteiger partial charge in [-0.15, -0.1) is 0 Å². The number of β-amino-alcohol motifs (C(OH)–C–C–N with tert-alkyl or cyclic N) is 1. The summed E-state index contributed by atoms with van der Waals surface area (Å²) < 4.78 is 1.99. The number of aryl methyl sites for hydroxylation is 2. The van der Waals surface area contributed by atoms with Gasteiger partial charge in [-0.25, -0.2) is 15.0 Å². The minimum absolute atomic E-state index is 0.0251. The van der Waals surface area contributed by atoms with E-state index in [1.54, 1.807) is 30.4 Å². The Morgan fingerprint density at radius 1 is 1.33 bits per heavy atom. The summed E-state index contributed by atoms with van der Waals surface area (Å²) in [5.74, 6) is 1.41. The van der Waals surface area contributed by atoms with Crippen LogP contribution in [0.15, 0.2) is 36.7 Å². The average Bonchev–Trinajstić information content (AvgIpc) is 3.26. The number of aliphatic hydroxyl groups is 1. The van der Waals surface area contributed by atoms with Crippen molar-refractivity contribution in [3.63, 3.8) is 0 Å². The van der Waals surface area contributed by atoms with E-state index in [0.29, 0.717) is 43.3 Å². The van der Waals surface area contributed by atoms with Crippen LogP contribution in [0.1, 0.15) is 18.7 Å². The van der Waals surface area contributed by atoms with Crippen molar-refractivity contribution in [1.82, 2.24) is 24.4 Å². The highest BCUT2D eigenvalue weighted by Crippen LogP contribution is 2.25. The number of anilines is 1.